The molecular weight excluding hydrogens is 198 g/mol. The number of esters is 1. The molecule has 0 aromatic carbocycles. The number of rotatable bonds is 3. The molecule has 1 aromatic rings. The van der Waals surface area contributed by atoms with E-state index in [1.165, 1.54) is 23.9 Å². The Kier molecular flexibility index (Phi) is 3.36. The van der Waals surface area contributed by atoms with E-state index >= 15 is 0 Å². The van der Waals surface area contributed by atoms with Crippen molar-refractivity contribution in [1.29, 1.82) is 0 Å². The largest absolute Gasteiger partial charge is 0.464 e. The van der Waals surface area contributed by atoms with Crippen LogP contribution in [0.4, 0.5) is 0 Å². The fourth-order valence-electron chi connectivity index (χ4n) is 1.22. The lowest BCUT2D eigenvalue weighted by Crippen LogP contribution is -2.03. The van der Waals surface area contributed by atoms with E-state index in [1.54, 1.807) is 14.0 Å². The number of methoxy groups -OCH3 is 1. The van der Waals surface area contributed by atoms with Gasteiger partial charge in [0, 0.05) is 7.05 Å². The highest BCUT2D eigenvalue weighted by Crippen LogP contribution is 2.16. The van der Waals surface area contributed by atoms with Crippen molar-refractivity contribution in [2.24, 2.45) is 12.0 Å². The summed E-state index contributed by atoms with van der Waals surface area (Å²) < 4.78 is 6.01. The van der Waals surface area contributed by atoms with Gasteiger partial charge in [-0.1, -0.05) is 0 Å². The van der Waals surface area contributed by atoms with Crippen LogP contribution in [0.15, 0.2) is 11.1 Å². The van der Waals surface area contributed by atoms with E-state index in [0.717, 1.165) is 0 Å². The van der Waals surface area contributed by atoms with Crippen molar-refractivity contribution in [2.45, 2.75) is 13.0 Å². The van der Waals surface area contributed by atoms with Crippen LogP contribution in [-0.4, -0.2) is 28.9 Å². The van der Waals surface area contributed by atoms with Crippen molar-refractivity contribution in [1.82, 2.24) is 9.78 Å². The van der Waals surface area contributed by atoms with Crippen LogP contribution in [0.5, 0.6) is 0 Å². The Morgan fingerprint density at radius 3 is 2.93 bits per heavy atom. The van der Waals surface area contributed by atoms with Crippen LogP contribution in [0.25, 0.3) is 0 Å². The molecule has 0 amide bonds. The van der Waals surface area contributed by atoms with Gasteiger partial charge in [-0.25, -0.2) is 9.59 Å². The first-order valence-corrected chi connectivity index (χ1v) is 4.29. The molecule has 0 radical (unpaired) electrons. The molecule has 1 atom stereocenters. The van der Waals surface area contributed by atoms with Crippen LogP contribution in [0.2, 0.25) is 0 Å². The molecule has 0 aliphatic heterocycles. The Morgan fingerprint density at radius 1 is 1.73 bits per heavy atom. The standard InChI is InChI=1S/C9H11N3O3/c1-6(10-5-13)8-4-7(9(14)15-3)11-12(8)2/h4,6H,1-3H3. The van der Waals surface area contributed by atoms with Gasteiger partial charge < -0.3 is 4.74 Å². The van der Waals surface area contributed by atoms with E-state index in [0.29, 0.717) is 5.69 Å². The van der Waals surface area contributed by atoms with Gasteiger partial charge in [-0.3, -0.25) is 4.68 Å². The summed E-state index contributed by atoms with van der Waals surface area (Å²) >= 11 is 0. The number of carbonyl (C=O) groups excluding carboxylic acids is 2. The summed E-state index contributed by atoms with van der Waals surface area (Å²) in [6, 6.07) is 1.16. The van der Waals surface area contributed by atoms with Crippen LogP contribution in [0.1, 0.15) is 29.1 Å². The Labute approximate surface area is 86.6 Å². The molecule has 0 aliphatic rings. The predicted molar refractivity (Wildman–Crippen MR) is 51.1 cm³/mol. The normalized spacial score (nSPS) is 11.7. The first-order valence-electron chi connectivity index (χ1n) is 4.29. The van der Waals surface area contributed by atoms with Crippen LogP contribution < -0.4 is 0 Å². The van der Waals surface area contributed by atoms with E-state index in [4.69, 9.17) is 0 Å². The van der Waals surface area contributed by atoms with Gasteiger partial charge in [-0.2, -0.15) is 10.1 Å². The number of aryl methyl sites for hydroxylation is 1. The molecule has 1 unspecified atom stereocenters. The zero-order valence-electron chi connectivity index (χ0n) is 8.72. The number of nitrogens with zero attached hydrogens (tertiary/aromatic N) is 3. The Bertz CT molecular complexity index is 418. The summed E-state index contributed by atoms with van der Waals surface area (Å²) in [6.45, 7) is 1.71. The first kappa shape index (κ1) is 11.1. The number of aromatic nitrogens is 2. The number of hydrogen-bond donors (Lipinski definition) is 0. The molecule has 0 saturated carbocycles. The van der Waals surface area contributed by atoms with Crippen molar-refractivity contribution in [3.05, 3.63) is 17.5 Å². The van der Waals surface area contributed by atoms with Crippen molar-refractivity contribution < 1.29 is 14.3 Å². The molecule has 1 rings (SSSR count). The third-order valence-electron chi connectivity index (χ3n) is 1.98. The summed E-state index contributed by atoms with van der Waals surface area (Å²) in [4.78, 5) is 24.8. The van der Waals surface area contributed by atoms with E-state index in [1.807, 2.05) is 0 Å². The zero-order valence-corrected chi connectivity index (χ0v) is 8.72. The topological polar surface area (TPSA) is 73.5 Å². The van der Waals surface area contributed by atoms with Crippen LogP contribution >= 0.6 is 0 Å². The second-order valence-electron chi connectivity index (χ2n) is 2.97. The molecule has 6 nitrogen and oxygen atoms in total. The average Bonchev–Trinajstić information content (AvgIpc) is 2.59. The summed E-state index contributed by atoms with van der Waals surface area (Å²) in [5.74, 6) is -0.515. The fourth-order valence-corrected chi connectivity index (χ4v) is 1.22. The molecule has 1 aromatic heterocycles. The van der Waals surface area contributed by atoms with E-state index in [9.17, 15) is 9.59 Å². The van der Waals surface area contributed by atoms with Gasteiger partial charge in [0.05, 0.1) is 12.8 Å². The molecule has 0 N–H and O–H groups in total. The van der Waals surface area contributed by atoms with E-state index in [-0.39, 0.29) is 11.7 Å². The number of hydrogen-bond acceptors (Lipinski definition) is 5. The first-order chi connectivity index (χ1) is 7.10. The molecule has 0 fully saturated rings. The zero-order chi connectivity index (χ0) is 11.4. The third-order valence-corrected chi connectivity index (χ3v) is 1.98. The second-order valence-corrected chi connectivity index (χ2v) is 2.97. The minimum absolute atomic E-state index is 0.197. The lowest BCUT2D eigenvalue weighted by atomic mass is 10.2. The average molecular weight is 209 g/mol. The molecule has 6 heteroatoms. The molecular formula is C9H11N3O3. The van der Waals surface area contributed by atoms with Gasteiger partial charge in [0.2, 0.25) is 6.08 Å². The molecule has 80 valence electrons. The Hall–Kier alpha value is -1.94. The molecule has 0 spiro atoms. The fraction of sp³-hybridized carbons (Fsp3) is 0.444. The van der Waals surface area contributed by atoms with Gasteiger partial charge in [-0.05, 0) is 13.0 Å². The number of carbonyl (C=O) groups is 1. The smallest absolute Gasteiger partial charge is 0.358 e. The lowest BCUT2D eigenvalue weighted by molar-refractivity contribution is 0.0593. The predicted octanol–water partition coefficient (Wildman–Crippen LogP) is 0.603. The van der Waals surface area contributed by atoms with Gasteiger partial charge in [-0.15, -0.1) is 0 Å². The SMILES string of the molecule is COC(=O)c1cc(C(C)N=C=O)n(C)n1. The van der Waals surface area contributed by atoms with Crippen LogP contribution in [0.3, 0.4) is 0 Å². The van der Waals surface area contributed by atoms with Gasteiger partial charge in [0.25, 0.3) is 0 Å². The van der Waals surface area contributed by atoms with E-state index in [2.05, 4.69) is 14.8 Å². The number of aliphatic imine (C=N–C) groups is 1. The molecule has 1 heterocycles. The molecule has 0 aliphatic carbocycles. The summed E-state index contributed by atoms with van der Waals surface area (Å²) in [5.41, 5.74) is 0.849. The van der Waals surface area contributed by atoms with Crippen molar-refractivity contribution in [3.8, 4) is 0 Å². The Balaban J connectivity index is 3.05. The maximum Gasteiger partial charge on any atom is 0.358 e. The summed E-state index contributed by atoms with van der Waals surface area (Å²) in [7, 11) is 2.95. The van der Waals surface area contributed by atoms with E-state index < -0.39 is 5.97 Å². The molecule has 0 saturated heterocycles. The molecule has 0 bridgehead atoms. The number of isocyanates is 1. The monoisotopic (exact) mass is 209 g/mol. The Morgan fingerprint density at radius 2 is 2.40 bits per heavy atom. The van der Waals surface area contributed by atoms with Gasteiger partial charge >= 0.3 is 5.97 Å². The highest BCUT2D eigenvalue weighted by Gasteiger charge is 2.16. The van der Waals surface area contributed by atoms with Crippen molar-refractivity contribution >= 4 is 12.0 Å². The minimum atomic E-state index is -0.515. The number of ether oxygens (including phenoxy) is 1. The van der Waals surface area contributed by atoms with Gasteiger partial charge in [0.15, 0.2) is 5.69 Å². The van der Waals surface area contributed by atoms with Crippen LogP contribution in [0, 0.1) is 0 Å². The quantitative estimate of drug-likeness (QED) is 0.415. The second kappa shape index (κ2) is 4.52. The third kappa shape index (κ3) is 2.30. The highest BCUT2D eigenvalue weighted by atomic mass is 16.5. The minimum Gasteiger partial charge on any atom is -0.464 e. The van der Waals surface area contributed by atoms with Crippen LogP contribution in [-0.2, 0) is 16.6 Å². The highest BCUT2D eigenvalue weighted by molar-refractivity contribution is 5.87. The van der Waals surface area contributed by atoms with Crippen molar-refractivity contribution in [3.63, 3.8) is 0 Å². The lowest BCUT2D eigenvalue weighted by Gasteiger charge is -2.02. The maximum atomic E-state index is 11.2. The summed E-state index contributed by atoms with van der Waals surface area (Å²) in [6.07, 6.45) is 1.46. The van der Waals surface area contributed by atoms with Gasteiger partial charge in [0.1, 0.15) is 6.04 Å². The van der Waals surface area contributed by atoms with Crippen molar-refractivity contribution in [2.75, 3.05) is 7.11 Å². The molecule has 15 heavy (non-hydrogen) atoms. The maximum absolute atomic E-state index is 11.2. The summed E-state index contributed by atoms with van der Waals surface area (Å²) in [5, 5.41) is 3.94.